The summed E-state index contributed by atoms with van der Waals surface area (Å²) >= 11 is 0. The summed E-state index contributed by atoms with van der Waals surface area (Å²) in [6, 6.07) is 7.47. The van der Waals surface area contributed by atoms with Gasteiger partial charge in [-0.2, -0.15) is 0 Å². The minimum Gasteiger partial charge on any atom is -0.508 e. The van der Waals surface area contributed by atoms with Gasteiger partial charge in [0.05, 0.1) is 6.10 Å². The highest BCUT2D eigenvalue weighted by atomic mass is 16.7. The van der Waals surface area contributed by atoms with Crippen LogP contribution in [-0.4, -0.2) is 149 Å². The third-order valence-corrected chi connectivity index (χ3v) is 9.40. The number of carbonyl (C=O) groups is 3. The quantitative estimate of drug-likeness (QED) is 0.0538. The summed E-state index contributed by atoms with van der Waals surface area (Å²) in [4.78, 5) is 35.2. The van der Waals surface area contributed by atoms with Gasteiger partial charge in [-0.15, -0.1) is 0 Å². The molecule has 0 aromatic heterocycles. The normalized spacial score (nSPS) is 29.0. The number of carbonyl (C=O) groups excluding carboxylic acids is 2. The average molecular weight is 845 g/mol. The van der Waals surface area contributed by atoms with Crippen LogP contribution in [0, 0.1) is 0 Å². The molecule has 2 aromatic rings. The number of aliphatic hydroxyl groups excluding tert-OH is 6. The first-order chi connectivity index (χ1) is 28.5. The number of carboxylic acids is 1. The summed E-state index contributed by atoms with van der Waals surface area (Å²) in [7, 11) is 0. The number of carboxylic acid groups (broad SMARTS) is 1. The van der Waals surface area contributed by atoms with E-state index in [0.717, 1.165) is 24.3 Å². The Bertz CT molecular complexity index is 2120. The predicted molar refractivity (Wildman–Crippen MR) is 196 cm³/mol. The lowest BCUT2D eigenvalue weighted by Gasteiger charge is -2.41. The maximum Gasteiger partial charge on any atom is 0.330 e. The molecule has 10 atom stereocenters. The minimum atomic E-state index is -1.93. The molecule has 0 amide bonds. The zero-order valence-corrected chi connectivity index (χ0v) is 31.0. The number of benzene rings is 2. The van der Waals surface area contributed by atoms with Crippen molar-refractivity contribution in [2.45, 2.75) is 74.3 Å². The molecule has 0 bridgehead atoms. The van der Waals surface area contributed by atoms with E-state index in [2.05, 4.69) is 0 Å². The summed E-state index contributed by atoms with van der Waals surface area (Å²) in [5.74, 6) is -6.32. The Hall–Kier alpha value is -6.33. The van der Waals surface area contributed by atoms with Crippen molar-refractivity contribution in [1.82, 2.24) is 0 Å². The molecule has 6 rings (SSSR count). The number of aromatic hydroxyl groups is 4. The molecule has 11 N–H and O–H groups in total. The van der Waals surface area contributed by atoms with Crippen LogP contribution in [0.15, 0.2) is 83.6 Å². The van der Waals surface area contributed by atoms with Gasteiger partial charge in [-0.25, -0.2) is 4.79 Å². The second-order valence-electron chi connectivity index (χ2n) is 13.7. The van der Waals surface area contributed by atoms with E-state index in [1.54, 1.807) is 0 Å². The number of phenolic OH excluding ortho intramolecular Hbond substituents is 4. The molecule has 322 valence electrons. The summed E-state index contributed by atoms with van der Waals surface area (Å²) in [5, 5.41) is 112. The Balaban J connectivity index is 1.23. The van der Waals surface area contributed by atoms with Gasteiger partial charge in [0.1, 0.15) is 73.9 Å². The van der Waals surface area contributed by atoms with E-state index in [4.69, 9.17) is 38.3 Å². The summed E-state index contributed by atoms with van der Waals surface area (Å²) < 4.78 is 39.7. The van der Waals surface area contributed by atoms with E-state index in [1.165, 1.54) is 42.5 Å². The molecule has 3 heterocycles. The lowest BCUT2D eigenvalue weighted by molar-refractivity contribution is -0.291. The minimum absolute atomic E-state index is 0.0750. The largest absolute Gasteiger partial charge is 0.508 e. The van der Waals surface area contributed by atoms with Crippen molar-refractivity contribution in [2.75, 3.05) is 13.2 Å². The number of aliphatic carboxylic acids is 1. The zero-order valence-electron chi connectivity index (χ0n) is 31.0. The summed E-state index contributed by atoms with van der Waals surface area (Å²) in [6.07, 6.45) is -11.4. The lowest BCUT2D eigenvalue weighted by atomic mass is 9.96. The standard InChI is InChI=1S/C39H40O21/c40-18-9-25-19(26(10-18)59-39-37(53)36(52)35(51)29(60-39)15-55-32(49)13-30(46)47)11-27(38(58-25)17-3-5-21(42)23(44)8-17)56-33-12-24(45)34(50)28(57-33)14-54-31(48)6-2-16-1-4-20(41)22(43)7-16/h1-11,24-25,28-29,33-37,39-45,50-53H,12-15H2,(H,46,47). The van der Waals surface area contributed by atoms with E-state index < -0.39 is 122 Å². The van der Waals surface area contributed by atoms with Gasteiger partial charge in [-0.05, 0) is 48.0 Å². The van der Waals surface area contributed by atoms with Gasteiger partial charge in [0.15, 0.2) is 34.5 Å². The van der Waals surface area contributed by atoms with Crippen LogP contribution in [0.3, 0.4) is 0 Å². The molecule has 21 nitrogen and oxygen atoms in total. The molecule has 1 aliphatic carbocycles. The van der Waals surface area contributed by atoms with Crippen molar-refractivity contribution >= 4 is 29.7 Å². The number of hydrogen-bond donors (Lipinski definition) is 11. The first kappa shape index (κ1) is 43.3. The number of aliphatic hydroxyl groups is 6. The Morgan fingerprint density at radius 1 is 0.750 bits per heavy atom. The molecule has 60 heavy (non-hydrogen) atoms. The van der Waals surface area contributed by atoms with E-state index >= 15 is 0 Å². The molecule has 3 aliphatic heterocycles. The fourth-order valence-electron chi connectivity index (χ4n) is 6.28. The van der Waals surface area contributed by atoms with Crippen molar-refractivity contribution in [3.8, 4) is 23.0 Å². The van der Waals surface area contributed by atoms with Crippen molar-refractivity contribution in [2.24, 2.45) is 0 Å². The summed E-state index contributed by atoms with van der Waals surface area (Å²) in [5.41, 5.74) is 0.551. The molecular formula is C39H40O21. The van der Waals surface area contributed by atoms with Crippen LogP contribution in [0.25, 0.3) is 11.8 Å². The Morgan fingerprint density at radius 3 is 2.13 bits per heavy atom. The molecule has 2 aromatic carbocycles. The van der Waals surface area contributed by atoms with E-state index in [9.17, 15) is 65.4 Å². The predicted octanol–water partition coefficient (Wildman–Crippen LogP) is -0.206. The number of allylic oxidation sites excluding steroid dienone is 2. The van der Waals surface area contributed by atoms with Gasteiger partial charge in [-0.1, -0.05) is 6.07 Å². The molecule has 2 fully saturated rings. The van der Waals surface area contributed by atoms with Gasteiger partial charge in [-0.3, -0.25) is 9.59 Å². The van der Waals surface area contributed by atoms with Crippen LogP contribution in [0.1, 0.15) is 24.0 Å². The molecule has 2 saturated heterocycles. The summed E-state index contributed by atoms with van der Waals surface area (Å²) in [6.45, 7) is -1.32. The van der Waals surface area contributed by atoms with Crippen molar-refractivity contribution in [3.63, 3.8) is 0 Å². The molecule has 0 saturated carbocycles. The van der Waals surface area contributed by atoms with Gasteiger partial charge in [0.25, 0.3) is 0 Å². The third kappa shape index (κ3) is 10.1. The highest BCUT2D eigenvalue weighted by molar-refractivity contribution is 5.90. The highest BCUT2D eigenvalue weighted by Crippen LogP contribution is 2.41. The van der Waals surface area contributed by atoms with Crippen LogP contribution < -0.4 is 0 Å². The first-order valence-corrected chi connectivity index (χ1v) is 18.0. The van der Waals surface area contributed by atoms with Gasteiger partial charge in [0, 0.05) is 35.8 Å². The monoisotopic (exact) mass is 844 g/mol. The molecule has 10 unspecified atom stereocenters. The van der Waals surface area contributed by atoms with Gasteiger partial charge >= 0.3 is 17.9 Å². The average Bonchev–Trinajstić information content (AvgIpc) is 3.19. The van der Waals surface area contributed by atoms with E-state index in [0.29, 0.717) is 5.56 Å². The number of fused-ring (bicyclic) bond motifs is 1. The first-order valence-electron chi connectivity index (χ1n) is 18.0. The van der Waals surface area contributed by atoms with Crippen LogP contribution in [0.4, 0.5) is 0 Å². The van der Waals surface area contributed by atoms with Gasteiger partial charge in [0.2, 0.25) is 12.6 Å². The highest BCUT2D eigenvalue weighted by Gasteiger charge is 2.47. The maximum atomic E-state index is 12.5. The Kier molecular flexibility index (Phi) is 13.2. The number of phenols is 4. The second-order valence-corrected chi connectivity index (χ2v) is 13.7. The smallest absolute Gasteiger partial charge is 0.330 e. The van der Waals surface area contributed by atoms with Crippen molar-refractivity contribution in [3.05, 3.63) is 94.7 Å². The van der Waals surface area contributed by atoms with Crippen LogP contribution in [-0.2, 0) is 47.5 Å². The van der Waals surface area contributed by atoms with Gasteiger partial charge < -0.3 is 89.3 Å². The SMILES string of the molecule is O=C(O)CC(=O)OCC1OC(OC2=CC(O)=CC3OC(c4ccc(O)c(O)c4)=C(OC4CC(O)C(O)C(COC(=O)C=Cc5ccc(O)c(O)c5)O4)C=C23)C(O)C(O)C1O. The van der Waals surface area contributed by atoms with Crippen LogP contribution in [0.2, 0.25) is 0 Å². The van der Waals surface area contributed by atoms with Crippen LogP contribution >= 0.6 is 0 Å². The van der Waals surface area contributed by atoms with E-state index in [-0.39, 0.29) is 40.6 Å². The fraction of sp³-hybridized carbons (Fsp3) is 0.359. The van der Waals surface area contributed by atoms with Crippen molar-refractivity contribution < 1.29 is 104 Å². The molecule has 4 aliphatic rings. The van der Waals surface area contributed by atoms with Crippen LogP contribution in [0.5, 0.6) is 23.0 Å². The molecular weight excluding hydrogens is 804 g/mol. The topological polar surface area (TPSA) is 338 Å². The number of ether oxygens (including phenoxy) is 7. The second kappa shape index (κ2) is 18.3. The third-order valence-electron chi connectivity index (χ3n) is 9.40. The number of hydrogen-bond acceptors (Lipinski definition) is 20. The van der Waals surface area contributed by atoms with E-state index in [1.807, 2.05) is 0 Å². The Morgan fingerprint density at radius 2 is 1.43 bits per heavy atom. The maximum absolute atomic E-state index is 12.5. The Labute approximate surface area is 338 Å². The number of esters is 2. The molecule has 21 heteroatoms. The fourth-order valence-corrected chi connectivity index (χ4v) is 6.28. The van der Waals surface area contributed by atoms with Crippen molar-refractivity contribution in [1.29, 1.82) is 0 Å². The molecule has 0 radical (unpaired) electrons. The number of rotatable bonds is 13. The molecule has 0 spiro atoms. The zero-order chi connectivity index (χ0) is 43.4. The lowest BCUT2D eigenvalue weighted by Crippen LogP contribution is -2.59.